The van der Waals surface area contributed by atoms with Crippen LogP contribution in [0.25, 0.3) is 0 Å². The van der Waals surface area contributed by atoms with Crippen LogP contribution in [0.5, 0.6) is 5.75 Å². The summed E-state index contributed by atoms with van der Waals surface area (Å²) in [5, 5.41) is 0. The van der Waals surface area contributed by atoms with Crippen molar-refractivity contribution >= 4 is 10.5 Å². The van der Waals surface area contributed by atoms with E-state index in [1.807, 2.05) is 12.1 Å². The Morgan fingerprint density at radius 3 is 2.52 bits per heavy atom. The van der Waals surface area contributed by atoms with Crippen LogP contribution in [0.2, 0.25) is 0 Å². The van der Waals surface area contributed by atoms with E-state index in [0.717, 1.165) is 56.8 Å². The molecule has 0 bridgehead atoms. The topological polar surface area (TPSA) is 44.7 Å². The fourth-order valence-corrected chi connectivity index (χ4v) is 5.67. The minimum atomic E-state index is -4.42. The third-order valence-electron chi connectivity index (χ3n) is 5.97. The number of halogens is 3. The number of alkyl halides is 3. The molecule has 1 aliphatic carbocycles. The number of rotatable bonds is 7. The number of nitrogens with one attached hydrogen (secondary N) is 1. The molecule has 1 heterocycles. The highest BCUT2D eigenvalue weighted by atomic mass is 32.3. The Balaban J connectivity index is 1.31. The van der Waals surface area contributed by atoms with E-state index >= 15 is 0 Å². The molecule has 2 fully saturated rings. The second-order valence-corrected chi connectivity index (χ2v) is 11.0. The third-order valence-corrected chi connectivity index (χ3v) is 7.94. The third kappa shape index (κ3) is 5.74. The molecule has 170 valence electrons. The highest BCUT2D eigenvalue weighted by molar-refractivity contribution is 8.27. The quantitative estimate of drug-likeness (QED) is 0.565. The van der Waals surface area contributed by atoms with E-state index < -0.39 is 22.2 Å². The molecule has 4 rings (SSSR count). The highest BCUT2D eigenvalue weighted by Gasteiger charge is 2.33. The Kier molecular flexibility index (Phi) is 6.53. The first-order valence-corrected chi connectivity index (χ1v) is 12.6. The Labute approximate surface area is 183 Å². The van der Waals surface area contributed by atoms with Crippen LogP contribution in [-0.2, 0) is 12.7 Å². The van der Waals surface area contributed by atoms with Gasteiger partial charge in [0.15, 0.2) is 0 Å². The lowest BCUT2D eigenvalue weighted by molar-refractivity contribution is -0.137. The molecule has 2 aromatic rings. The molecule has 0 aromatic heterocycles. The van der Waals surface area contributed by atoms with Gasteiger partial charge in [-0.05, 0) is 61.6 Å². The molecule has 4 nitrogen and oxygen atoms in total. The zero-order valence-electron chi connectivity index (χ0n) is 17.6. The van der Waals surface area contributed by atoms with Crippen molar-refractivity contribution < 1.29 is 22.5 Å². The molecule has 8 heteroatoms. The lowest BCUT2D eigenvalue weighted by atomic mass is 9.96. The van der Waals surface area contributed by atoms with Gasteiger partial charge in [-0.3, -0.25) is 9.62 Å². The number of ether oxygens (including phenoxy) is 1. The Morgan fingerprint density at radius 2 is 1.87 bits per heavy atom. The lowest BCUT2D eigenvalue weighted by Crippen LogP contribution is -2.34. The number of likely N-dealkylation sites (tertiary alicyclic amines) is 1. The highest BCUT2D eigenvalue weighted by Crippen LogP contribution is 2.47. The Morgan fingerprint density at radius 1 is 1.13 bits per heavy atom. The van der Waals surface area contributed by atoms with Crippen LogP contribution in [0.1, 0.15) is 36.8 Å². The molecule has 1 saturated heterocycles. The molecule has 1 aliphatic heterocycles. The van der Waals surface area contributed by atoms with Crippen LogP contribution in [0, 0.1) is 0 Å². The maximum Gasteiger partial charge on any atom is 0.416 e. The fourth-order valence-electron chi connectivity index (χ4n) is 4.00. The predicted molar refractivity (Wildman–Crippen MR) is 117 cm³/mol. The van der Waals surface area contributed by atoms with Crippen molar-refractivity contribution in [3.05, 3.63) is 59.7 Å². The summed E-state index contributed by atoms with van der Waals surface area (Å²) in [6, 6.07) is 13.2. The van der Waals surface area contributed by atoms with E-state index in [9.17, 15) is 17.7 Å². The molecule has 2 N–H and O–H groups in total. The standard InChI is InChI=1S/C23H29F3N2O2S/c1-31(29,22-7-2-4-18(14-22)23(24,25)26)27-19-12-13-28(16-19)15-17-8-10-21(11-9-17)30-20-5-3-6-20/h2,4,7-11,14,19-20,27,29H,3,5-6,12-13,15-16H2,1H3. The molecule has 0 amide bonds. The monoisotopic (exact) mass is 454 g/mol. The molecule has 1 saturated carbocycles. The fraction of sp³-hybridized carbons (Fsp3) is 0.478. The smallest absolute Gasteiger partial charge is 0.416 e. The van der Waals surface area contributed by atoms with Gasteiger partial charge < -0.3 is 9.29 Å². The normalized spacial score (nSPS) is 23.2. The summed E-state index contributed by atoms with van der Waals surface area (Å²) in [7, 11) is -2.53. The second-order valence-electron chi connectivity index (χ2n) is 8.55. The van der Waals surface area contributed by atoms with E-state index in [1.165, 1.54) is 18.1 Å². The van der Waals surface area contributed by atoms with Crippen LogP contribution in [0.3, 0.4) is 0 Å². The van der Waals surface area contributed by atoms with Crippen molar-refractivity contribution in [2.45, 2.75) is 55.4 Å². The second kappa shape index (κ2) is 9.02. The van der Waals surface area contributed by atoms with Crippen molar-refractivity contribution in [1.82, 2.24) is 9.62 Å². The summed E-state index contributed by atoms with van der Waals surface area (Å²) < 4.78 is 59.1. The van der Waals surface area contributed by atoms with Gasteiger partial charge in [0.2, 0.25) is 0 Å². The molecule has 0 radical (unpaired) electrons. The van der Waals surface area contributed by atoms with Gasteiger partial charge in [-0.15, -0.1) is 0 Å². The number of hydrogen-bond acceptors (Lipinski definition) is 4. The van der Waals surface area contributed by atoms with Gasteiger partial charge in [-0.25, -0.2) is 0 Å². The predicted octanol–water partition coefficient (Wildman–Crippen LogP) is 5.68. The number of hydrogen-bond donors (Lipinski definition) is 2. The maximum atomic E-state index is 13.0. The van der Waals surface area contributed by atoms with Crippen molar-refractivity contribution in [3.8, 4) is 5.75 Å². The van der Waals surface area contributed by atoms with Crippen LogP contribution in [0.4, 0.5) is 13.2 Å². The minimum Gasteiger partial charge on any atom is -0.490 e. The summed E-state index contributed by atoms with van der Waals surface area (Å²) in [4.78, 5) is 2.59. The van der Waals surface area contributed by atoms with Gasteiger partial charge in [0.25, 0.3) is 0 Å². The number of nitrogens with zero attached hydrogens (tertiary/aromatic N) is 1. The zero-order chi connectivity index (χ0) is 22.1. The van der Waals surface area contributed by atoms with Gasteiger partial charge >= 0.3 is 6.18 Å². The molecule has 2 unspecified atom stereocenters. The van der Waals surface area contributed by atoms with Crippen LogP contribution in [-0.4, -0.2) is 40.9 Å². The molecule has 2 aromatic carbocycles. The maximum absolute atomic E-state index is 13.0. The van der Waals surface area contributed by atoms with E-state index in [0.29, 0.717) is 11.0 Å². The largest absolute Gasteiger partial charge is 0.490 e. The van der Waals surface area contributed by atoms with E-state index in [-0.39, 0.29) is 6.04 Å². The first kappa shape index (κ1) is 22.5. The molecular formula is C23H29F3N2O2S. The van der Waals surface area contributed by atoms with Gasteiger partial charge in [0.05, 0.1) is 11.7 Å². The Bertz CT molecular complexity index is 885. The molecule has 0 spiro atoms. The van der Waals surface area contributed by atoms with Crippen molar-refractivity contribution in [1.29, 1.82) is 0 Å². The van der Waals surface area contributed by atoms with E-state index in [2.05, 4.69) is 21.8 Å². The summed E-state index contributed by atoms with van der Waals surface area (Å²) in [6.07, 6.45) is 1.88. The van der Waals surface area contributed by atoms with Crippen LogP contribution >= 0.6 is 10.5 Å². The lowest BCUT2D eigenvalue weighted by Gasteiger charge is -2.34. The van der Waals surface area contributed by atoms with Gasteiger partial charge in [0, 0.05) is 36.8 Å². The van der Waals surface area contributed by atoms with Gasteiger partial charge in [0.1, 0.15) is 5.75 Å². The first-order valence-electron chi connectivity index (χ1n) is 10.6. The molecule has 2 atom stereocenters. The van der Waals surface area contributed by atoms with Crippen LogP contribution < -0.4 is 9.46 Å². The number of benzene rings is 2. The summed E-state index contributed by atoms with van der Waals surface area (Å²) in [5.41, 5.74) is 0.455. The van der Waals surface area contributed by atoms with Gasteiger partial charge in [-0.2, -0.15) is 13.2 Å². The average Bonchev–Trinajstić information content (AvgIpc) is 3.11. The van der Waals surface area contributed by atoms with Crippen molar-refractivity contribution in [3.63, 3.8) is 0 Å². The summed E-state index contributed by atoms with van der Waals surface area (Å²) in [6.45, 7) is 2.40. The molecular weight excluding hydrogens is 425 g/mol. The first-order chi connectivity index (χ1) is 14.7. The molecule has 31 heavy (non-hydrogen) atoms. The van der Waals surface area contributed by atoms with E-state index in [4.69, 9.17) is 4.74 Å². The SMILES string of the molecule is CS(O)(NC1CCN(Cc2ccc(OC3CCC3)cc2)C1)c1cccc(C(F)(F)F)c1. The van der Waals surface area contributed by atoms with Gasteiger partial charge in [-0.1, -0.05) is 28.7 Å². The van der Waals surface area contributed by atoms with Crippen molar-refractivity contribution in [2.24, 2.45) is 0 Å². The minimum absolute atomic E-state index is 0.0285. The average molecular weight is 455 g/mol. The summed E-state index contributed by atoms with van der Waals surface area (Å²) in [5.74, 6) is 0.912. The Hall–Kier alpha value is -1.74. The van der Waals surface area contributed by atoms with Crippen molar-refractivity contribution in [2.75, 3.05) is 19.3 Å². The van der Waals surface area contributed by atoms with Crippen LogP contribution in [0.15, 0.2) is 53.4 Å². The summed E-state index contributed by atoms with van der Waals surface area (Å²) >= 11 is 0. The zero-order valence-corrected chi connectivity index (χ0v) is 18.4. The molecule has 2 aliphatic rings. The van der Waals surface area contributed by atoms with E-state index in [1.54, 1.807) is 12.3 Å².